The van der Waals surface area contributed by atoms with Gasteiger partial charge in [0.15, 0.2) is 11.5 Å². The second-order valence-electron chi connectivity index (χ2n) is 4.13. The maximum Gasteiger partial charge on any atom is 0.338 e. The Balaban J connectivity index is 2.26. The summed E-state index contributed by atoms with van der Waals surface area (Å²) in [6.07, 6.45) is 0. The first-order valence-electron chi connectivity index (χ1n) is 5.75. The first-order chi connectivity index (χ1) is 9.90. The SMILES string of the molecule is O=C(O)c1ccc(NC(=O)c2cccc(O)c2O)cc1F. The summed E-state index contributed by atoms with van der Waals surface area (Å²) in [5, 5.41) is 29.8. The molecule has 0 aliphatic heterocycles. The number of amides is 1. The minimum Gasteiger partial charge on any atom is -0.504 e. The van der Waals surface area contributed by atoms with Crippen molar-refractivity contribution in [3.63, 3.8) is 0 Å². The van der Waals surface area contributed by atoms with Gasteiger partial charge in [0, 0.05) is 5.69 Å². The topological polar surface area (TPSA) is 107 Å². The zero-order valence-electron chi connectivity index (χ0n) is 10.5. The number of halogens is 1. The van der Waals surface area contributed by atoms with Crippen LogP contribution in [0.5, 0.6) is 11.5 Å². The van der Waals surface area contributed by atoms with E-state index in [0.717, 1.165) is 12.1 Å². The van der Waals surface area contributed by atoms with Crippen LogP contribution in [0.25, 0.3) is 0 Å². The smallest absolute Gasteiger partial charge is 0.338 e. The van der Waals surface area contributed by atoms with Crippen LogP contribution in [-0.4, -0.2) is 27.2 Å². The first kappa shape index (κ1) is 14.3. The van der Waals surface area contributed by atoms with Crippen molar-refractivity contribution >= 4 is 17.6 Å². The zero-order valence-corrected chi connectivity index (χ0v) is 10.5. The highest BCUT2D eigenvalue weighted by Gasteiger charge is 2.16. The molecule has 108 valence electrons. The fraction of sp³-hybridized carbons (Fsp3) is 0. The van der Waals surface area contributed by atoms with E-state index >= 15 is 0 Å². The molecule has 4 N–H and O–H groups in total. The third-order valence-electron chi connectivity index (χ3n) is 2.72. The summed E-state index contributed by atoms with van der Waals surface area (Å²) in [6, 6.07) is 6.90. The molecule has 1 amide bonds. The lowest BCUT2D eigenvalue weighted by atomic mass is 10.1. The van der Waals surface area contributed by atoms with Crippen molar-refractivity contribution in [1.82, 2.24) is 0 Å². The number of aromatic hydroxyl groups is 2. The summed E-state index contributed by atoms with van der Waals surface area (Å²) in [5.41, 5.74) is -0.698. The molecular formula is C14H10FNO5. The monoisotopic (exact) mass is 291 g/mol. The molecule has 7 heteroatoms. The van der Waals surface area contributed by atoms with Crippen molar-refractivity contribution in [2.75, 3.05) is 5.32 Å². The standard InChI is InChI=1S/C14H10FNO5/c15-10-6-7(4-5-8(10)14(20)21)16-13(19)9-2-1-3-11(17)12(9)18/h1-6,17-18H,(H,16,19)(H,20,21). The summed E-state index contributed by atoms with van der Waals surface area (Å²) in [4.78, 5) is 22.6. The molecule has 0 bridgehead atoms. The normalized spacial score (nSPS) is 10.1. The van der Waals surface area contributed by atoms with E-state index in [1.165, 1.54) is 24.3 Å². The Morgan fingerprint density at radius 2 is 1.76 bits per heavy atom. The van der Waals surface area contributed by atoms with Gasteiger partial charge in [-0.1, -0.05) is 6.07 Å². The Hall–Kier alpha value is -3.09. The van der Waals surface area contributed by atoms with Crippen molar-refractivity contribution in [1.29, 1.82) is 0 Å². The third-order valence-corrected chi connectivity index (χ3v) is 2.72. The van der Waals surface area contributed by atoms with Gasteiger partial charge >= 0.3 is 5.97 Å². The van der Waals surface area contributed by atoms with Crippen LogP contribution in [0.2, 0.25) is 0 Å². The van der Waals surface area contributed by atoms with E-state index in [2.05, 4.69) is 5.32 Å². The highest BCUT2D eigenvalue weighted by Crippen LogP contribution is 2.28. The number of para-hydroxylation sites is 1. The van der Waals surface area contributed by atoms with Crippen molar-refractivity contribution in [2.24, 2.45) is 0 Å². The molecule has 6 nitrogen and oxygen atoms in total. The van der Waals surface area contributed by atoms with Crippen molar-refractivity contribution in [2.45, 2.75) is 0 Å². The molecule has 2 aromatic carbocycles. The Morgan fingerprint density at radius 1 is 1.05 bits per heavy atom. The summed E-state index contributed by atoms with van der Waals surface area (Å²) in [6.45, 7) is 0. The molecule has 0 saturated heterocycles. The van der Waals surface area contributed by atoms with Gasteiger partial charge in [-0.2, -0.15) is 0 Å². The second kappa shape index (κ2) is 5.49. The van der Waals surface area contributed by atoms with E-state index in [-0.39, 0.29) is 11.3 Å². The fourth-order valence-electron chi connectivity index (χ4n) is 1.68. The Kier molecular flexibility index (Phi) is 3.75. The van der Waals surface area contributed by atoms with Crippen molar-refractivity contribution < 1.29 is 29.3 Å². The van der Waals surface area contributed by atoms with E-state index in [1.807, 2.05) is 0 Å². The van der Waals surface area contributed by atoms with Crippen molar-refractivity contribution in [3.8, 4) is 11.5 Å². The molecule has 0 aromatic heterocycles. The van der Waals surface area contributed by atoms with E-state index in [1.54, 1.807) is 0 Å². The average Bonchev–Trinajstić information content (AvgIpc) is 2.41. The zero-order chi connectivity index (χ0) is 15.6. The summed E-state index contributed by atoms with van der Waals surface area (Å²) in [5.74, 6) is -4.25. The summed E-state index contributed by atoms with van der Waals surface area (Å²) in [7, 11) is 0. The number of carboxylic acids is 1. The number of carbonyl (C=O) groups is 2. The molecule has 0 radical (unpaired) electrons. The lowest BCUT2D eigenvalue weighted by molar-refractivity contribution is 0.0691. The number of hydrogen-bond acceptors (Lipinski definition) is 4. The predicted molar refractivity (Wildman–Crippen MR) is 71.1 cm³/mol. The number of carboxylic acid groups (broad SMARTS) is 1. The molecule has 21 heavy (non-hydrogen) atoms. The van der Waals surface area contributed by atoms with Crippen LogP contribution in [0, 0.1) is 5.82 Å². The number of benzene rings is 2. The molecule has 0 aliphatic rings. The average molecular weight is 291 g/mol. The number of rotatable bonds is 3. The van der Waals surface area contributed by atoms with Gasteiger partial charge in [-0.3, -0.25) is 4.79 Å². The van der Waals surface area contributed by atoms with Crippen LogP contribution < -0.4 is 5.32 Å². The van der Waals surface area contributed by atoms with Crippen LogP contribution in [0.3, 0.4) is 0 Å². The van der Waals surface area contributed by atoms with Crippen LogP contribution in [-0.2, 0) is 0 Å². The summed E-state index contributed by atoms with van der Waals surface area (Å²) >= 11 is 0. The molecule has 0 unspecified atom stereocenters. The minimum absolute atomic E-state index is 0.0187. The highest BCUT2D eigenvalue weighted by molar-refractivity contribution is 6.06. The van der Waals surface area contributed by atoms with Gasteiger partial charge in [0.2, 0.25) is 0 Å². The number of aromatic carboxylic acids is 1. The fourth-order valence-corrected chi connectivity index (χ4v) is 1.68. The van der Waals surface area contributed by atoms with E-state index < -0.39 is 34.8 Å². The highest BCUT2D eigenvalue weighted by atomic mass is 19.1. The predicted octanol–water partition coefficient (Wildman–Crippen LogP) is 2.19. The Bertz CT molecular complexity index is 729. The molecule has 0 fully saturated rings. The van der Waals surface area contributed by atoms with Gasteiger partial charge in [0.1, 0.15) is 5.82 Å². The third kappa shape index (κ3) is 2.92. The maximum atomic E-state index is 13.5. The molecule has 2 rings (SSSR count). The van der Waals surface area contributed by atoms with Crippen molar-refractivity contribution in [3.05, 3.63) is 53.3 Å². The summed E-state index contributed by atoms with van der Waals surface area (Å²) < 4.78 is 13.5. The maximum absolute atomic E-state index is 13.5. The molecular weight excluding hydrogens is 281 g/mol. The Morgan fingerprint density at radius 3 is 2.38 bits per heavy atom. The number of phenols is 2. The van der Waals surface area contributed by atoms with Gasteiger partial charge in [-0.05, 0) is 30.3 Å². The Labute approximate surface area is 118 Å². The van der Waals surface area contributed by atoms with E-state index in [9.17, 15) is 24.2 Å². The van der Waals surface area contributed by atoms with Gasteiger partial charge in [0.05, 0.1) is 11.1 Å². The van der Waals surface area contributed by atoms with Gasteiger partial charge in [-0.15, -0.1) is 0 Å². The number of phenolic OH excluding ortho intramolecular Hbond substituents is 2. The first-order valence-corrected chi connectivity index (χ1v) is 5.75. The number of hydrogen-bond donors (Lipinski definition) is 4. The van der Waals surface area contributed by atoms with Crippen LogP contribution in [0.15, 0.2) is 36.4 Å². The molecule has 0 heterocycles. The molecule has 0 aliphatic carbocycles. The van der Waals surface area contributed by atoms with Crippen LogP contribution in [0.1, 0.15) is 20.7 Å². The van der Waals surface area contributed by atoms with Gasteiger partial charge < -0.3 is 20.6 Å². The quantitative estimate of drug-likeness (QED) is 0.648. The molecule has 0 atom stereocenters. The molecule has 2 aromatic rings. The number of nitrogens with one attached hydrogen (secondary N) is 1. The number of carbonyl (C=O) groups excluding carboxylic acids is 1. The lowest BCUT2D eigenvalue weighted by Crippen LogP contribution is -2.12. The second-order valence-corrected chi connectivity index (χ2v) is 4.13. The van der Waals surface area contributed by atoms with E-state index in [0.29, 0.717) is 0 Å². The van der Waals surface area contributed by atoms with Gasteiger partial charge in [-0.25, -0.2) is 9.18 Å². The largest absolute Gasteiger partial charge is 0.504 e. The minimum atomic E-state index is -1.42. The van der Waals surface area contributed by atoms with E-state index in [4.69, 9.17) is 5.11 Å². The number of anilines is 1. The lowest BCUT2D eigenvalue weighted by Gasteiger charge is -2.08. The molecule has 0 spiro atoms. The van der Waals surface area contributed by atoms with Gasteiger partial charge in [0.25, 0.3) is 5.91 Å². The van der Waals surface area contributed by atoms with Crippen LogP contribution in [0.4, 0.5) is 10.1 Å². The van der Waals surface area contributed by atoms with Crippen LogP contribution >= 0.6 is 0 Å². The molecule has 0 saturated carbocycles.